The van der Waals surface area contributed by atoms with E-state index in [4.69, 9.17) is 4.74 Å². The number of hydrogen-bond donors (Lipinski definition) is 1. The number of esters is 1. The number of nitrogens with one attached hydrogen (secondary N) is 1. The standard InChI is InChI=1S/C21H21NO3/c1-25-20(24)21(22-19(23)17-12-6-3-7-13-17)15-9-8-14-18(21)16-10-4-2-5-11-16/h2-13,18H,14-15H2,1H3,(H,22,23). The van der Waals surface area contributed by atoms with Crippen LogP contribution in [-0.4, -0.2) is 24.5 Å². The normalized spacial score (nSPS) is 22.2. The van der Waals surface area contributed by atoms with E-state index in [1.54, 1.807) is 24.3 Å². The van der Waals surface area contributed by atoms with E-state index in [0.29, 0.717) is 18.4 Å². The summed E-state index contributed by atoms with van der Waals surface area (Å²) in [7, 11) is 1.36. The predicted octanol–water partition coefficient (Wildman–Crippen LogP) is 3.46. The summed E-state index contributed by atoms with van der Waals surface area (Å²) in [6.07, 6.45) is 5.04. The van der Waals surface area contributed by atoms with E-state index >= 15 is 0 Å². The molecule has 0 heterocycles. The Kier molecular flexibility index (Phi) is 4.98. The van der Waals surface area contributed by atoms with Crippen LogP contribution in [0.4, 0.5) is 0 Å². The average Bonchev–Trinajstić information content (AvgIpc) is 2.69. The third-order valence-corrected chi connectivity index (χ3v) is 4.70. The van der Waals surface area contributed by atoms with E-state index in [1.165, 1.54) is 7.11 Å². The molecule has 0 saturated heterocycles. The lowest BCUT2D eigenvalue weighted by molar-refractivity contribution is -0.149. The number of carbonyl (C=O) groups excluding carboxylic acids is 2. The lowest BCUT2D eigenvalue weighted by Crippen LogP contribution is -2.59. The van der Waals surface area contributed by atoms with E-state index < -0.39 is 11.5 Å². The van der Waals surface area contributed by atoms with E-state index in [1.807, 2.05) is 48.6 Å². The number of methoxy groups -OCH3 is 1. The van der Waals surface area contributed by atoms with Crippen molar-refractivity contribution in [3.05, 3.63) is 83.9 Å². The second kappa shape index (κ2) is 7.34. The van der Waals surface area contributed by atoms with Gasteiger partial charge in [0.25, 0.3) is 5.91 Å². The van der Waals surface area contributed by atoms with Gasteiger partial charge in [0.15, 0.2) is 0 Å². The molecule has 0 fully saturated rings. The van der Waals surface area contributed by atoms with Crippen LogP contribution in [-0.2, 0) is 9.53 Å². The molecule has 128 valence electrons. The van der Waals surface area contributed by atoms with Gasteiger partial charge in [0.2, 0.25) is 0 Å². The third kappa shape index (κ3) is 3.33. The minimum absolute atomic E-state index is 0.182. The molecule has 3 rings (SSSR count). The Morgan fingerprint density at radius 1 is 1.00 bits per heavy atom. The van der Waals surface area contributed by atoms with Gasteiger partial charge in [0.1, 0.15) is 5.54 Å². The Bertz CT molecular complexity index is 770. The molecule has 0 bridgehead atoms. The van der Waals surface area contributed by atoms with Crippen molar-refractivity contribution in [3.8, 4) is 0 Å². The zero-order valence-corrected chi connectivity index (χ0v) is 14.1. The number of allylic oxidation sites excluding steroid dienone is 1. The fourth-order valence-electron chi connectivity index (χ4n) is 3.41. The molecular weight excluding hydrogens is 314 g/mol. The minimum atomic E-state index is -1.11. The van der Waals surface area contributed by atoms with Gasteiger partial charge in [0.05, 0.1) is 7.11 Å². The second-order valence-electron chi connectivity index (χ2n) is 6.16. The average molecular weight is 335 g/mol. The highest BCUT2D eigenvalue weighted by atomic mass is 16.5. The molecule has 25 heavy (non-hydrogen) atoms. The maximum atomic E-state index is 12.8. The summed E-state index contributed by atoms with van der Waals surface area (Å²) in [5.41, 5.74) is 0.412. The molecular formula is C21H21NO3. The molecule has 2 aromatic rings. The Labute approximate surface area is 147 Å². The first-order chi connectivity index (χ1) is 12.2. The van der Waals surface area contributed by atoms with Gasteiger partial charge in [-0.2, -0.15) is 0 Å². The largest absolute Gasteiger partial charge is 0.467 e. The number of benzene rings is 2. The van der Waals surface area contributed by atoms with Crippen LogP contribution in [0, 0.1) is 0 Å². The van der Waals surface area contributed by atoms with Gasteiger partial charge in [-0.25, -0.2) is 4.79 Å². The van der Waals surface area contributed by atoms with Crippen LogP contribution in [0.5, 0.6) is 0 Å². The van der Waals surface area contributed by atoms with Crippen molar-refractivity contribution in [2.75, 3.05) is 7.11 Å². The molecule has 0 aromatic heterocycles. The second-order valence-corrected chi connectivity index (χ2v) is 6.16. The van der Waals surface area contributed by atoms with Crippen molar-refractivity contribution in [2.45, 2.75) is 24.3 Å². The summed E-state index contributed by atoms with van der Waals surface area (Å²) >= 11 is 0. The molecule has 1 aliphatic rings. The molecule has 2 unspecified atom stereocenters. The molecule has 2 atom stereocenters. The molecule has 0 aliphatic heterocycles. The molecule has 1 amide bonds. The number of rotatable bonds is 4. The number of ether oxygens (including phenoxy) is 1. The highest BCUT2D eigenvalue weighted by Crippen LogP contribution is 2.39. The Balaban J connectivity index is 2.01. The zero-order valence-electron chi connectivity index (χ0n) is 14.1. The summed E-state index contributed by atoms with van der Waals surface area (Å²) in [5, 5.41) is 2.98. The lowest BCUT2D eigenvalue weighted by atomic mass is 9.72. The maximum absolute atomic E-state index is 12.8. The molecule has 0 radical (unpaired) electrons. The first-order valence-electron chi connectivity index (χ1n) is 8.33. The van der Waals surface area contributed by atoms with E-state index in [-0.39, 0.29) is 11.8 Å². The zero-order chi connectivity index (χ0) is 17.7. The first-order valence-corrected chi connectivity index (χ1v) is 8.33. The molecule has 1 N–H and O–H groups in total. The summed E-state index contributed by atoms with van der Waals surface area (Å²) in [6.45, 7) is 0. The van der Waals surface area contributed by atoms with Crippen molar-refractivity contribution >= 4 is 11.9 Å². The highest BCUT2D eigenvalue weighted by Gasteiger charge is 2.48. The van der Waals surface area contributed by atoms with Crippen molar-refractivity contribution < 1.29 is 14.3 Å². The number of carbonyl (C=O) groups is 2. The van der Waals surface area contributed by atoms with Gasteiger partial charge in [0, 0.05) is 11.5 Å². The van der Waals surface area contributed by atoms with Crippen molar-refractivity contribution in [2.24, 2.45) is 0 Å². The van der Waals surface area contributed by atoms with Gasteiger partial charge < -0.3 is 10.1 Å². The van der Waals surface area contributed by atoms with E-state index in [2.05, 4.69) is 5.32 Å². The Hall–Kier alpha value is -2.88. The molecule has 0 spiro atoms. The van der Waals surface area contributed by atoms with Gasteiger partial charge in [-0.05, 0) is 30.5 Å². The first kappa shape index (κ1) is 17.0. The summed E-state index contributed by atoms with van der Waals surface area (Å²) in [6, 6.07) is 18.7. The van der Waals surface area contributed by atoms with Crippen LogP contribution in [0.25, 0.3) is 0 Å². The predicted molar refractivity (Wildman–Crippen MR) is 96.2 cm³/mol. The summed E-state index contributed by atoms with van der Waals surface area (Å²) in [4.78, 5) is 25.5. The van der Waals surface area contributed by atoms with Crippen LogP contribution < -0.4 is 5.32 Å². The quantitative estimate of drug-likeness (QED) is 0.688. The minimum Gasteiger partial charge on any atom is -0.467 e. The lowest BCUT2D eigenvalue weighted by Gasteiger charge is -2.40. The maximum Gasteiger partial charge on any atom is 0.332 e. The van der Waals surface area contributed by atoms with Crippen molar-refractivity contribution in [1.29, 1.82) is 0 Å². The van der Waals surface area contributed by atoms with E-state index in [9.17, 15) is 9.59 Å². The fourth-order valence-corrected chi connectivity index (χ4v) is 3.41. The van der Waals surface area contributed by atoms with Crippen LogP contribution in [0.15, 0.2) is 72.8 Å². The van der Waals surface area contributed by atoms with Crippen molar-refractivity contribution in [1.82, 2.24) is 5.32 Å². The highest BCUT2D eigenvalue weighted by molar-refractivity contribution is 5.98. The molecule has 2 aromatic carbocycles. The topological polar surface area (TPSA) is 55.4 Å². The van der Waals surface area contributed by atoms with E-state index in [0.717, 1.165) is 5.56 Å². The van der Waals surface area contributed by atoms with Gasteiger partial charge in [-0.15, -0.1) is 0 Å². The SMILES string of the molecule is COC(=O)C1(NC(=O)c2ccccc2)CC=CCC1c1ccccc1. The molecule has 1 aliphatic carbocycles. The fraction of sp³-hybridized carbons (Fsp3) is 0.238. The van der Waals surface area contributed by atoms with Crippen LogP contribution in [0.1, 0.15) is 34.7 Å². The Morgan fingerprint density at radius 3 is 2.28 bits per heavy atom. The van der Waals surface area contributed by atoms with Crippen LogP contribution in [0.2, 0.25) is 0 Å². The van der Waals surface area contributed by atoms with Gasteiger partial charge in [-0.3, -0.25) is 4.79 Å². The summed E-state index contributed by atoms with van der Waals surface area (Å²) < 4.78 is 5.09. The van der Waals surface area contributed by atoms with Crippen LogP contribution >= 0.6 is 0 Å². The van der Waals surface area contributed by atoms with Gasteiger partial charge >= 0.3 is 5.97 Å². The third-order valence-electron chi connectivity index (χ3n) is 4.70. The van der Waals surface area contributed by atoms with Crippen LogP contribution in [0.3, 0.4) is 0 Å². The molecule has 4 nitrogen and oxygen atoms in total. The molecule has 4 heteroatoms. The molecule has 0 saturated carbocycles. The monoisotopic (exact) mass is 335 g/mol. The smallest absolute Gasteiger partial charge is 0.332 e. The number of amides is 1. The van der Waals surface area contributed by atoms with Crippen molar-refractivity contribution in [3.63, 3.8) is 0 Å². The summed E-state index contributed by atoms with van der Waals surface area (Å²) in [5.74, 6) is -0.879. The Morgan fingerprint density at radius 2 is 1.64 bits per heavy atom. The number of hydrogen-bond acceptors (Lipinski definition) is 3. The van der Waals surface area contributed by atoms with Gasteiger partial charge in [-0.1, -0.05) is 60.7 Å².